The highest BCUT2D eigenvalue weighted by atomic mass is 19.1. The van der Waals surface area contributed by atoms with Crippen molar-refractivity contribution in [3.63, 3.8) is 0 Å². The molecule has 0 saturated carbocycles. The van der Waals surface area contributed by atoms with Crippen molar-refractivity contribution in [3.8, 4) is 0 Å². The molecular formula is C17H18FN3O4. The monoisotopic (exact) mass is 347 g/mol. The number of ketones is 1. The van der Waals surface area contributed by atoms with Gasteiger partial charge in [0.15, 0.2) is 5.78 Å². The molecule has 1 aliphatic heterocycles. The number of hydrogen-bond donors (Lipinski definition) is 1. The number of likely N-dealkylation sites (tertiary alicyclic amines) is 1. The van der Waals surface area contributed by atoms with Crippen LogP contribution in [0.5, 0.6) is 0 Å². The Hall–Kier alpha value is -2.77. The van der Waals surface area contributed by atoms with Crippen LogP contribution in [-0.2, 0) is 16.1 Å². The van der Waals surface area contributed by atoms with Crippen LogP contribution in [0.4, 0.5) is 4.39 Å². The van der Waals surface area contributed by atoms with Crippen LogP contribution < -0.4 is 0 Å². The van der Waals surface area contributed by atoms with Crippen LogP contribution in [0.3, 0.4) is 0 Å². The van der Waals surface area contributed by atoms with Crippen LogP contribution in [0, 0.1) is 0 Å². The summed E-state index contributed by atoms with van der Waals surface area (Å²) in [6.07, 6.45) is 4.40. The molecule has 1 aliphatic rings. The minimum atomic E-state index is -1.73. The van der Waals surface area contributed by atoms with Crippen molar-refractivity contribution in [2.45, 2.75) is 38.5 Å². The fourth-order valence-corrected chi connectivity index (χ4v) is 3.31. The van der Waals surface area contributed by atoms with Gasteiger partial charge in [-0.3, -0.25) is 14.6 Å². The molecule has 8 heteroatoms. The average molecular weight is 347 g/mol. The van der Waals surface area contributed by atoms with Crippen molar-refractivity contribution in [1.29, 1.82) is 0 Å². The van der Waals surface area contributed by atoms with E-state index in [2.05, 4.69) is 4.98 Å². The smallest absolute Gasteiger partial charge is 0.326 e. The fourth-order valence-electron chi connectivity index (χ4n) is 3.31. The van der Waals surface area contributed by atoms with Crippen LogP contribution in [0.15, 0.2) is 24.7 Å². The number of aromatic nitrogens is 2. The number of pyridine rings is 1. The third kappa shape index (κ3) is 3.11. The van der Waals surface area contributed by atoms with Gasteiger partial charge in [0, 0.05) is 29.8 Å². The van der Waals surface area contributed by atoms with Crippen LogP contribution >= 0.6 is 0 Å². The molecule has 0 aromatic carbocycles. The first-order valence-electron chi connectivity index (χ1n) is 7.84. The van der Waals surface area contributed by atoms with Gasteiger partial charge in [0.1, 0.15) is 18.3 Å². The molecule has 0 unspecified atom stereocenters. The zero-order chi connectivity index (χ0) is 18.4. The third-order valence-corrected chi connectivity index (χ3v) is 4.47. The van der Waals surface area contributed by atoms with Crippen molar-refractivity contribution in [2.24, 2.45) is 0 Å². The van der Waals surface area contributed by atoms with E-state index in [0.29, 0.717) is 16.5 Å². The maximum absolute atomic E-state index is 14.2. The van der Waals surface area contributed by atoms with E-state index < -0.39 is 23.6 Å². The highest BCUT2D eigenvalue weighted by Gasteiger charge is 2.46. The van der Waals surface area contributed by atoms with Crippen molar-refractivity contribution >= 4 is 28.6 Å². The van der Waals surface area contributed by atoms with Gasteiger partial charge in [-0.25, -0.2) is 9.18 Å². The molecule has 2 aromatic heterocycles. The number of carboxylic acid groups (broad SMARTS) is 1. The number of carboxylic acids is 1. The van der Waals surface area contributed by atoms with Crippen LogP contribution in [0.1, 0.15) is 30.6 Å². The van der Waals surface area contributed by atoms with E-state index in [0.717, 1.165) is 4.90 Å². The Morgan fingerprint density at radius 2 is 2.16 bits per heavy atom. The quantitative estimate of drug-likeness (QED) is 0.849. The summed E-state index contributed by atoms with van der Waals surface area (Å²) in [6.45, 7) is 2.27. The van der Waals surface area contributed by atoms with Gasteiger partial charge in [-0.15, -0.1) is 0 Å². The third-order valence-electron chi connectivity index (χ3n) is 4.47. The van der Waals surface area contributed by atoms with Crippen LogP contribution in [0.25, 0.3) is 10.9 Å². The van der Waals surface area contributed by atoms with E-state index in [1.54, 1.807) is 23.0 Å². The van der Waals surface area contributed by atoms with Crippen LogP contribution in [-0.4, -0.2) is 55.5 Å². The second kappa shape index (κ2) is 5.94. The summed E-state index contributed by atoms with van der Waals surface area (Å²) in [5.74, 6) is -1.88. The Balaban J connectivity index is 1.92. The molecule has 0 radical (unpaired) electrons. The number of nitrogens with zero attached hydrogens (tertiary/aromatic N) is 3. The number of carbonyl (C=O) groups excluding carboxylic acids is 2. The van der Waals surface area contributed by atoms with Crippen molar-refractivity contribution < 1.29 is 23.9 Å². The van der Waals surface area contributed by atoms with Crippen molar-refractivity contribution in [3.05, 3.63) is 30.2 Å². The van der Waals surface area contributed by atoms with E-state index in [-0.39, 0.29) is 25.3 Å². The number of aliphatic carboxylic acids is 1. The van der Waals surface area contributed by atoms with Crippen molar-refractivity contribution in [2.75, 3.05) is 6.54 Å². The molecule has 132 valence electrons. The predicted molar refractivity (Wildman–Crippen MR) is 87.0 cm³/mol. The second-order valence-corrected chi connectivity index (χ2v) is 6.61. The van der Waals surface area contributed by atoms with Gasteiger partial charge < -0.3 is 14.6 Å². The highest BCUT2D eigenvalue weighted by molar-refractivity contribution is 6.07. The number of hydrogen-bond acceptors (Lipinski definition) is 4. The van der Waals surface area contributed by atoms with E-state index >= 15 is 0 Å². The Kier molecular flexibility index (Phi) is 4.06. The van der Waals surface area contributed by atoms with Gasteiger partial charge in [0.25, 0.3) is 0 Å². The Morgan fingerprint density at radius 3 is 2.80 bits per heavy atom. The van der Waals surface area contributed by atoms with Crippen LogP contribution in [0.2, 0.25) is 0 Å². The number of halogens is 1. The highest BCUT2D eigenvalue weighted by Crippen LogP contribution is 2.31. The maximum atomic E-state index is 14.2. The molecule has 1 amide bonds. The maximum Gasteiger partial charge on any atom is 0.326 e. The molecular weight excluding hydrogens is 329 g/mol. The zero-order valence-corrected chi connectivity index (χ0v) is 13.9. The number of rotatable bonds is 4. The molecule has 1 fully saturated rings. The number of Topliss-reactive ketones (excluding diaryl/α,β-unsaturated/α-hetero) is 1. The van der Waals surface area contributed by atoms with Gasteiger partial charge in [-0.2, -0.15) is 0 Å². The number of fused-ring (bicyclic) bond motifs is 1. The van der Waals surface area contributed by atoms with E-state index in [1.165, 1.54) is 20.0 Å². The lowest BCUT2D eigenvalue weighted by molar-refractivity contribution is -0.148. The van der Waals surface area contributed by atoms with Gasteiger partial charge in [0.05, 0.1) is 18.3 Å². The molecule has 1 saturated heterocycles. The molecule has 0 aliphatic carbocycles. The topological polar surface area (TPSA) is 92.5 Å². The molecule has 0 spiro atoms. The molecule has 2 atom stereocenters. The predicted octanol–water partition coefficient (Wildman–Crippen LogP) is 1.65. The summed E-state index contributed by atoms with van der Waals surface area (Å²) in [4.78, 5) is 40.8. The molecule has 3 rings (SSSR count). The lowest BCUT2D eigenvalue weighted by Crippen LogP contribution is -2.42. The zero-order valence-electron chi connectivity index (χ0n) is 13.9. The summed E-state index contributed by atoms with van der Waals surface area (Å²) in [6, 6.07) is 0.497. The normalized spacial score (nSPS) is 23.2. The first-order chi connectivity index (χ1) is 11.7. The second-order valence-electron chi connectivity index (χ2n) is 6.61. The van der Waals surface area contributed by atoms with E-state index in [1.807, 2.05) is 0 Å². The molecule has 2 aromatic rings. The largest absolute Gasteiger partial charge is 0.480 e. The molecule has 3 heterocycles. The Morgan fingerprint density at radius 1 is 1.44 bits per heavy atom. The molecule has 0 bridgehead atoms. The first kappa shape index (κ1) is 17.1. The van der Waals surface area contributed by atoms with E-state index in [9.17, 15) is 23.9 Å². The molecule has 1 N–H and O–H groups in total. The molecule has 7 nitrogen and oxygen atoms in total. The summed E-state index contributed by atoms with van der Waals surface area (Å²) >= 11 is 0. The summed E-state index contributed by atoms with van der Waals surface area (Å²) in [5.41, 5.74) is -0.685. The van der Waals surface area contributed by atoms with Gasteiger partial charge >= 0.3 is 5.97 Å². The van der Waals surface area contributed by atoms with E-state index in [4.69, 9.17) is 0 Å². The van der Waals surface area contributed by atoms with Gasteiger partial charge in [-0.05, 0) is 19.9 Å². The minimum absolute atomic E-state index is 0.150. The number of alkyl halides is 1. The average Bonchev–Trinajstić information content (AvgIpc) is 3.05. The SMILES string of the molecule is CC(=O)c1cn(CC(=O)N2C[C@](C)(F)C[C@H]2C(=O)O)c2cnccc12. The number of amides is 1. The Labute approximate surface area is 143 Å². The Bertz CT molecular complexity index is 874. The first-order valence-corrected chi connectivity index (χ1v) is 7.84. The molecule has 25 heavy (non-hydrogen) atoms. The van der Waals surface area contributed by atoms with Gasteiger partial charge in [-0.1, -0.05) is 0 Å². The lowest BCUT2D eigenvalue weighted by atomic mass is 10.1. The summed E-state index contributed by atoms with van der Waals surface area (Å²) < 4.78 is 15.8. The fraction of sp³-hybridized carbons (Fsp3) is 0.412. The van der Waals surface area contributed by atoms with Crippen molar-refractivity contribution in [1.82, 2.24) is 14.5 Å². The summed E-state index contributed by atoms with van der Waals surface area (Å²) in [5, 5.41) is 9.93. The van der Waals surface area contributed by atoms with Gasteiger partial charge in [0.2, 0.25) is 5.91 Å². The number of carbonyl (C=O) groups is 3. The lowest BCUT2D eigenvalue weighted by Gasteiger charge is -2.22. The minimum Gasteiger partial charge on any atom is -0.480 e. The standard InChI is InChI=1S/C17H18FN3O4/c1-10(22)12-7-20(14-6-19-4-3-11(12)14)8-15(23)21-9-17(2,18)5-13(21)16(24)25/h3-4,6-7,13H,5,8-9H2,1-2H3,(H,24,25)/t13-,17+/m0/s1. The summed E-state index contributed by atoms with van der Waals surface area (Å²) in [7, 11) is 0.